The zero-order valence-corrected chi connectivity index (χ0v) is 21.4. The number of methoxy groups -OCH3 is 1. The quantitative estimate of drug-likeness (QED) is 0.318. The Balaban J connectivity index is 1.41. The van der Waals surface area contributed by atoms with Gasteiger partial charge in [0.2, 0.25) is 0 Å². The van der Waals surface area contributed by atoms with E-state index in [4.69, 9.17) is 19.7 Å². The van der Waals surface area contributed by atoms with Crippen LogP contribution in [0, 0.1) is 11.3 Å². The van der Waals surface area contributed by atoms with E-state index < -0.39 is 0 Å². The van der Waals surface area contributed by atoms with Crippen LogP contribution in [0.15, 0.2) is 71.5 Å². The van der Waals surface area contributed by atoms with Gasteiger partial charge in [0.25, 0.3) is 5.56 Å². The van der Waals surface area contributed by atoms with Gasteiger partial charge in [-0.1, -0.05) is 35.5 Å². The number of ether oxygens (including phenoxy) is 2. The molecule has 9 nitrogen and oxygen atoms in total. The van der Waals surface area contributed by atoms with E-state index in [1.807, 2.05) is 54.6 Å². The van der Waals surface area contributed by atoms with E-state index in [1.165, 1.54) is 0 Å². The summed E-state index contributed by atoms with van der Waals surface area (Å²) in [6, 6.07) is 23.1. The Morgan fingerprint density at radius 1 is 1.03 bits per heavy atom. The topological polar surface area (TPSA) is 119 Å². The third kappa shape index (κ3) is 4.97. The molecule has 0 atom stereocenters. The second-order valence-electron chi connectivity index (χ2n) is 9.61. The van der Waals surface area contributed by atoms with Crippen molar-refractivity contribution in [3.8, 4) is 40.1 Å². The molecule has 3 aromatic carbocycles. The van der Waals surface area contributed by atoms with E-state index in [-0.39, 0.29) is 17.2 Å². The second-order valence-corrected chi connectivity index (χ2v) is 9.61. The first-order valence-corrected chi connectivity index (χ1v) is 12.9. The number of hydrogen-bond donors (Lipinski definition) is 1. The second kappa shape index (κ2) is 10.4. The highest BCUT2D eigenvalue weighted by atomic mass is 16.5. The van der Waals surface area contributed by atoms with E-state index in [1.54, 1.807) is 23.9 Å². The van der Waals surface area contributed by atoms with Crippen LogP contribution in [0.4, 0.5) is 0 Å². The summed E-state index contributed by atoms with van der Waals surface area (Å²) >= 11 is 0. The van der Waals surface area contributed by atoms with Crippen molar-refractivity contribution in [3.05, 3.63) is 88.2 Å². The molecular weight excluding hydrogens is 492 g/mol. The number of aromatic amines is 1. The minimum absolute atomic E-state index is 0.109. The molecule has 0 bridgehead atoms. The number of nitrogens with one attached hydrogen (secondary N) is 1. The van der Waals surface area contributed by atoms with Crippen LogP contribution in [-0.4, -0.2) is 38.2 Å². The van der Waals surface area contributed by atoms with Crippen LogP contribution in [0.1, 0.15) is 36.8 Å². The first kappa shape index (κ1) is 24.4. The number of benzene rings is 3. The Hall–Kier alpha value is -4.97. The smallest absolute Gasteiger partial charge is 0.281 e. The number of aromatic nitrogens is 5. The third-order valence-electron chi connectivity index (χ3n) is 7.04. The lowest BCUT2D eigenvalue weighted by Gasteiger charge is -2.17. The van der Waals surface area contributed by atoms with E-state index in [9.17, 15) is 4.79 Å². The van der Waals surface area contributed by atoms with Crippen molar-refractivity contribution >= 4 is 11.2 Å². The van der Waals surface area contributed by atoms with Gasteiger partial charge in [-0.25, -0.2) is 9.67 Å². The number of nitrogens with zero attached hydrogens (tertiary/aromatic N) is 5. The first-order chi connectivity index (χ1) is 19.1. The standard InChI is InChI=1S/C30H26N6O3/c1-38-23-13-8-20(9-14-23)18-36-29-27(34-35-36)30(37)33-28(32-29)25-15-12-22(21-10-6-19(17-31)7-11-21)16-26(25)39-24-4-2-3-5-24/h6-16,24H,2-5,18H2,1H3,(H,32,33,37). The van der Waals surface area contributed by atoms with Gasteiger partial charge < -0.3 is 14.5 Å². The summed E-state index contributed by atoms with van der Waals surface area (Å²) in [6.07, 6.45) is 4.35. The summed E-state index contributed by atoms with van der Waals surface area (Å²) in [5.41, 5.74) is 4.40. The average Bonchev–Trinajstić information content (AvgIpc) is 3.64. The van der Waals surface area contributed by atoms with Crippen LogP contribution in [-0.2, 0) is 6.54 Å². The van der Waals surface area contributed by atoms with Crippen molar-refractivity contribution in [2.75, 3.05) is 7.11 Å². The highest BCUT2D eigenvalue weighted by Gasteiger charge is 2.21. The highest BCUT2D eigenvalue weighted by Crippen LogP contribution is 2.35. The fourth-order valence-corrected chi connectivity index (χ4v) is 4.92. The molecule has 2 heterocycles. The van der Waals surface area contributed by atoms with Crippen molar-refractivity contribution in [1.82, 2.24) is 25.0 Å². The predicted molar refractivity (Wildman–Crippen MR) is 147 cm³/mol. The maximum Gasteiger partial charge on any atom is 0.281 e. The molecule has 9 heteroatoms. The van der Waals surface area contributed by atoms with Crippen LogP contribution < -0.4 is 15.0 Å². The Labute approximate surface area is 224 Å². The Morgan fingerprint density at radius 3 is 2.49 bits per heavy atom. The van der Waals surface area contributed by atoms with Crippen LogP contribution >= 0.6 is 0 Å². The molecule has 1 aliphatic rings. The SMILES string of the molecule is COc1ccc(Cn2nnc3c(=O)[nH]c(-c4ccc(-c5ccc(C#N)cc5)cc4OC4CCCC4)nc32)cc1. The van der Waals surface area contributed by atoms with E-state index in [0.29, 0.717) is 34.9 Å². The number of nitriles is 1. The van der Waals surface area contributed by atoms with Gasteiger partial charge in [-0.15, -0.1) is 5.10 Å². The zero-order valence-electron chi connectivity index (χ0n) is 21.4. The number of fused-ring (bicyclic) bond motifs is 1. The number of rotatable bonds is 7. The van der Waals surface area contributed by atoms with Crippen molar-refractivity contribution in [3.63, 3.8) is 0 Å². The molecule has 0 unspecified atom stereocenters. The summed E-state index contributed by atoms with van der Waals surface area (Å²) < 4.78 is 13.4. The van der Waals surface area contributed by atoms with Gasteiger partial charge in [-0.2, -0.15) is 5.26 Å². The molecule has 39 heavy (non-hydrogen) atoms. The fourth-order valence-electron chi connectivity index (χ4n) is 4.92. The molecule has 1 N–H and O–H groups in total. The fraction of sp³-hybridized carbons (Fsp3) is 0.233. The van der Waals surface area contributed by atoms with E-state index >= 15 is 0 Å². The Kier molecular flexibility index (Phi) is 6.51. The largest absolute Gasteiger partial charge is 0.497 e. The molecule has 0 spiro atoms. The van der Waals surface area contributed by atoms with Crippen LogP contribution in [0.25, 0.3) is 33.7 Å². The minimum Gasteiger partial charge on any atom is -0.497 e. The summed E-state index contributed by atoms with van der Waals surface area (Å²) in [5.74, 6) is 1.81. The van der Waals surface area contributed by atoms with Crippen molar-refractivity contribution in [1.29, 1.82) is 5.26 Å². The maximum atomic E-state index is 13.0. The molecular formula is C30H26N6O3. The van der Waals surface area contributed by atoms with E-state index in [2.05, 4.69) is 21.4 Å². The third-order valence-corrected chi connectivity index (χ3v) is 7.04. The molecule has 5 aromatic rings. The van der Waals surface area contributed by atoms with Gasteiger partial charge in [-0.3, -0.25) is 4.79 Å². The maximum absolute atomic E-state index is 13.0. The zero-order chi connectivity index (χ0) is 26.8. The summed E-state index contributed by atoms with van der Waals surface area (Å²) in [7, 11) is 1.62. The average molecular weight is 519 g/mol. The van der Waals surface area contributed by atoms with E-state index in [0.717, 1.165) is 48.1 Å². The summed E-state index contributed by atoms with van der Waals surface area (Å²) in [5, 5.41) is 17.4. The van der Waals surface area contributed by atoms with Gasteiger partial charge >= 0.3 is 0 Å². The normalized spacial score (nSPS) is 13.4. The Morgan fingerprint density at radius 2 is 1.77 bits per heavy atom. The molecule has 0 amide bonds. The lowest BCUT2D eigenvalue weighted by Crippen LogP contribution is -2.14. The lowest BCUT2D eigenvalue weighted by molar-refractivity contribution is 0.211. The summed E-state index contributed by atoms with van der Waals surface area (Å²) in [6.45, 7) is 0.402. The molecule has 194 valence electrons. The van der Waals surface area contributed by atoms with Crippen LogP contribution in [0.5, 0.6) is 11.5 Å². The molecule has 6 rings (SSSR count). The van der Waals surface area contributed by atoms with Crippen molar-refractivity contribution < 1.29 is 9.47 Å². The Bertz CT molecular complexity index is 1730. The summed E-state index contributed by atoms with van der Waals surface area (Å²) in [4.78, 5) is 20.7. The number of H-pyrrole nitrogens is 1. The first-order valence-electron chi connectivity index (χ1n) is 12.9. The van der Waals surface area contributed by atoms with Gasteiger partial charge in [0.1, 0.15) is 17.3 Å². The van der Waals surface area contributed by atoms with Crippen molar-refractivity contribution in [2.24, 2.45) is 0 Å². The molecule has 0 radical (unpaired) electrons. The molecule has 1 saturated carbocycles. The molecule has 0 saturated heterocycles. The molecule has 0 aliphatic heterocycles. The highest BCUT2D eigenvalue weighted by molar-refractivity contribution is 5.77. The van der Waals surface area contributed by atoms with Gasteiger partial charge in [0.15, 0.2) is 11.2 Å². The predicted octanol–water partition coefficient (Wildman–Crippen LogP) is 5.10. The molecule has 1 fully saturated rings. The van der Waals surface area contributed by atoms with Gasteiger partial charge in [-0.05, 0) is 78.8 Å². The lowest BCUT2D eigenvalue weighted by atomic mass is 10.0. The number of hydrogen-bond acceptors (Lipinski definition) is 7. The van der Waals surface area contributed by atoms with Gasteiger partial charge in [0.05, 0.1) is 37.0 Å². The molecule has 2 aromatic heterocycles. The molecule has 1 aliphatic carbocycles. The minimum atomic E-state index is -0.362. The van der Waals surface area contributed by atoms with Crippen LogP contribution in [0.3, 0.4) is 0 Å². The van der Waals surface area contributed by atoms with Crippen molar-refractivity contribution in [2.45, 2.75) is 38.3 Å². The van der Waals surface area contributed by atoms with Crippen LogP contribution in [0.2, 0.25) is 0 Å². The van der Waals surface area contributed by atoms with Gasteiger partial charge in [0, 0.05) is 0 Å². The monoisotopic (exact) mass is 518 g/mol.